The molecule has 0 atom stereocenters. The van der Waals surface area contributed by atoms with Gasteiger partial charge in [0.25, 0.3) is 0 Å². The Labute approximate surface area is 239 Å². The van der Waals surface area contributed by atoms with E-state index in [0.29, 0.717) is 0 Å². The molecular weight excluding hydrogens is 496 g/mol. The van der Waals surface area contributed by atoms with Crippen molar-refractivity contribution in [2.75, 3.05) is 0 Å². The van der Waals surface area contributed by atoms with E-state index in [4.69, 9.17) is 9.47 Å². The van der Waals surface area contributed by atoms with Crippen LogP contribution in [0.25, 0.3) is 12.2 Å². The number of hydrogen-bond donors (Lipinski definition) is 0. The Kier molecular flexibility index (Phi) is 13.5. The normalized spacial score (nSPS) is 11.2. The number of ether oxygens (including phenoxy) is 2. The van der Waals surface area contributed by atoms with Gasteiger partial charge in [0.15, 0.2) is 11.5 Å². The zero-order chi connectivity index (χ0) is 28.4. The molecule has 0 bridgehead atoms. The molecule has 0 heterocycles. The summed E-state index contributed by atoms with van der Waals surface area (Å²) in [5.41, 5.74) is 4.44. The summed E-state index contributed by atoms with van der Waals surface area (Å²) in [5.74, 6) is -0.711. The minimum absolute atomic E-state index is 0.189. The molecule has 0 aliphatic rings. The monoisotopic (exact) mass is 538 g/mol. The zero-order valence-electron chi connectivity index (χ0n) is 23.9. The summed E-state index contributed by atoms with van der Waals surface area (Å²) < 4.78 is 10.9. The maximum absolute atomic E-state index is 12.5. The van der Waals surface area contributed by atoms with Crippen molar-refractivity contribution >= 4 is 24.1 Å². The first-order valence-corrected chi connectivity index (χ1v) is 14.6. The van der Waals surface area contributed by atoms with Gasteiger partial charge < -0.3 is 9.47 Å². The molecule has 3 aromatic carbocycles. The lowest BCUT2D eigenvalue weighted by Crippen LogP contribution is -2.08. The standard InChI is InChI=1S/C36H42O4/c1-3-5-7-9-13-29-17-21-31(22-18-29)25-27-35(37)39-33-15-11-12-16-34(33)40-36(38)28-26-32-23-19-30(20-24-32)14-10-8-6-4-2/h11-12,15-28H,3-10,13-14H2,1-2H3. The molecule has 3 aromatic rings. The molecule has 3 rings (SSSR count). The van der Waals surface area contributed by atoms with Gasteiger partial charge in [-0.3, -0.25) is 0 Å². The number of unbranched alkanes of at least 4 members (excludes halogenated alkanes) is 6. The van der Waals surface area contributed by atoms with Gasteiger partial charge in [-0.05, 0) is 72.2 Å². The predicted molar refractivity (Wildman–Crippen MR) is 164 cm³/mol. The van der Waals surface area contributed by atoms with Crippen LogP contribution in [0.5, 0.6) is 11.5 Å². The molecule has 4 heteroatoms. The van der Waals surface area contributed by atoms with Gasteiger partial charge in [-0.15, -0.1) is 0 Å². The second-order valence-electron chi connectivity index (χ2n) is 10.1. The van der Waals surface area contributed by atoms with Crippen molar-refractivity contribution in [3.63, 3.8) is 0 Å². The predicted octanol–water partition coefficient (Wildman–Crippen LogP) is 9.17. The SMILES string of the molecule is CCCCCCc1ccc(C=CC(=O)Oc2ccccc2OC(=O)C=Cc2ccc(CCCCCC)cc2)cc1. The Morgan fingerprint density at radius 3 is 1.32 bits per heavy atom. The highest BCUT2D eigenvalue weighted by atomic mass is 16.6. The molecule has 0 fully saturated rings. The quantitative estimate of drug-likeness (QED) is 0.0789. The minimum Gasteiger partial charge on any atom is -0.419 e. The van der Waals surface area contributed by atoms with Crippen molar-refractivity contribution in [3.8, 4) is 11.5 Å². The molecule has 210 valence electrons. The first-order valence-electron chi connectivity index (χ1n) is 14.6. The highest BCUT2D eigenvalue weighted by Crippen LogP contribution is 2.27. The van der Waals surface area contributed by atoms with Crippen LogP contribution in [0.15, 0.2) is 84.9 Å². The lowest BCUT2D eigenvalue weighted by molar-refractivity contribution is -0.131. The van der Waals surface area contributed by atoms with Gasteiger partial charge in [-0.25, -0.2) is 9.59 Å². The van der Waals surface area contributed by atoms with Gasteiger partial charge in [0.2, 0.25) is 0 Å². The summed E-state index contributed by atoms with van der Waals surface area (Å²) >= 11 is 0. The summed E-state index contributed by atoms with van der Waals surface area (Å²) in [5, 5.41) is 0. The van der Waals surface area contributed by atoms with Crippen LogP contribution in [0.4, 0.5) is 0 Å². The van der Waals surface area contributed by atoms with Gasteiger partial charge in [0, 0.05) is 12.2 Å². The first kappa shape index (κ1) is 30.6. The van der Waals surface area contributed by atoms with E-state index < -0.39 is 11.9 Å². The number of para-hydroxylation sites is 2. The van der Waals surface area contributed by atoms with Crippen LogP contribution in [0.1, 0.15) is 87.5 Å². The van der Waals surface area contributed by atoms with E-state index in [0.717, 1.165) is 24.0 Å². The van der Waals surface area contributed by atoms with E-state index in [-0.39, 0.29) is 11.5 Å². The number of rotatable bonds is 16. The Morgan fingerprint density at radius 1 is 0.550 bits per heavy atom. The van der Waals surface area contributed by atoms with Crippen LogP contribution in [0.3, 0.4) is 0 Å². The summed E-state index contributed by atoms with van der Waals surface area (Å²) in [4.78, 5) is 24.9. The van der Waals surface area contributed by atoms with E-state index >= 15 is 0 Å². The van der Waals surface area contributed by atoms with Gasteiger partial charge in [-0.2, -0.15) is 0 Å². The topological polar surface area (TPSA) is 52.6 Å². The number of esters is 2. The Morgan fingerprint density at radius 2 is 0.950 bits per heavy atom. The van der Waals surface area contributed by atoms with Crippen molar-refractivity contribution in [1.29, 1.82) is 0 Å². The average molecular weight is 539 g/mol. The van der Waals surface area contributed by atoms with E-state index in [1.54, 1.807) is 36.4 Å². The molecule has 0 saturated heterocycles. The van der Waals surface area contributed by atoms with Crippen molar-refractivity contribution in [1.82, 2.24) is 0 Å². The Bertz CT molecular complexity index is 1140. The number of aryl methyl sites for hydroxylation is 2. The lowest BCUT2D eigenvalue weighted by Gasteiger charge is -2.08. The van der Waals surface area contributed by atoms with E-state index in [1.165, 1.54) is 74.6 Å². The molecule has 0 N–H and O–H groups in total. The molecule has 0 amide bonds. The molecule has 0 aliphatic heterocycles. The molecule has 0 aliphatic carbocycles. The maximum atomic E-state index is 12.5. The fourth-order valence-corrected chi connectivity index (χ4v) is 4.33. The molecule has 0 aromatic heterocycles. The molecule has 0 radical (unpaired) electrons. The molecular formula is C36H42O4. The van der Waals surface area contributed by atoms with Gasteiger partial charge in [0.1, 0.15) is 0 Å². The third kappa shape index (κ3) is 11.4. The van der Waals surface area contributed by atoms with Crippen molar-refractivity contribution in [2.45, 2.75) is 78.1 Å². The van der Waals surface area contributed by atoms with Crippen molar-refractivity contribution < 1.29 is 19.1 Å². The van der Waals surface area contributed by atoms with Crippen LogP contribution in [-0.2, 0) is 22.4 Å². The largest absolute Gasteiger partial charge is 0.419 e. The highest BCUT2D eigenvalue weighted by Gasteiger charge is 2.11. The maximum Gasteiger partial charge on any atom is 0.336 e. The molecule has 0 saturated carbocycles. The first-order chi connectivity index (χ1) is 19.6. The van der Waals surface area contributed by atoms with Gasteiger partial charge >= 0.3 is 11.9 Å². The summed E-state index contributed by atoms with van der Waals surface area (Å²) in [6.07, 6.45) is 18.3. The van der Waals surface area contributed by atoms with E-state index in [2.05, 4.69) is 38.1 Å². The van der Waals surface area contributed by atoms with Crippen LogP contribution in [0, 0.1) is 0 Å². The molecule has 4 nitrogen and oxygen atoms in total. The summed E-state index contributed by atoms with van der Waals surface area (Å²) in [7, 11) is 0. The van der Waals surface area contributed by atoms with Crippen LogP contribution >= 0.6 is 0 Å². The van der Waals surface area contributed by atoms with E-state index in [1.807, 2.05) is 24.3 Å². The molecule has 0 unspecified atom stereocenters. The molecule has 40 heavy (non-hydrogen) atoms. The number of benzene rings is 3. The number of carbonyl (C=O) groups is 2. The Balaban J connectivity index is 1.50. The third-order valence-corrected chi connectivity index (χ3v) is 6.69. The van der Waals surface area contributed by atoms with Gasteiger partial charge in [-0.1, -0.05) is 113 Å². The average Bonchev–Trinajstić information content (AvgIpc) is 2.98. The second-order valence-corrected chi connectivity index (χ2v) is 10.1. The summed E-state index contributed by atoms with van der Waals surface area (Å²) in [6.45, 7) is 4.43. The number of carbonyl (C=O) groups excluding carboxylic acids is 2. The summed E-state index contributed by atoms with van der Waals surface area (Å²) in [6, 6.07) is 23.1. The second kappa shape index (κ2) is 17.6. The highest BCUT2D eigenvalue weighted by molar-refractivity contribution is 5.91. The fraction of sp³-hybridized carbons (Fsp3) is 0.333. The van der Waals surface area contributed by atoms with Crippen LogP contribution in [0.2, 0.25) is 0 Å². The van der Waals surface area contributed by atoms with Crippen LogP contribution in [-0.4, -0.2) is 11.9 Å². The fourth-order valence-electron chi connectivity index (χ4n) is 4.33. The van der Waals surface area contributed by atoms with Crippen LogP contribution < -0.4 is 9.47 Å². The third-order valence-electron chi connectivity index (χ3n) is 6.69. The van der Waals surface area contributed by atoms with Crippen molar-refractivity contribution in [2.24, 2.45) is 0 Å². The molecule has 0 spiro atoms. The lowest BCUT2D eigenvalue weighted by atomic mass is 10.0. The van der Waals surface area contributed by atoms with E-state index in [9.17, 15) is 9.59 Å². The van der Waals surface area contributed by atoms with Crippen molar-refractivity contribution in [3.05, 3.63) is 107 Å². The Hall–Kier alpha value is -3.92. The number of hydrogen-bond acceptors (Lipinski definition) is 4. The zero-order valence-corrected chi connectivity index (χ0v) is 23.9. The smallest absolute Gasteiger partial charge is 0.336 e. The minimum atomic E-state index is -0.544. The van der Waals surface area contributed by atoms with Gasteiger partial charge in [0.05, 0.1) is 0 Å².